The number of nitrogens with zero attached hydrogens (tertiary/aromatic N) is 1. The minimum atomic E-state index is -0.0296. The van der Waals surface area contributed by atoms with Gasteiger partial charge in [-0.25, -0.2) is 4.98 Å². The number of benzene rings is 2. The van der Waals surface area contributed by atoms with Crippen molar-refractivity contribution in [3.8, 4) is 17.2 Å². The highest BCUT2D eigenvalue weighted by Crippen LogP contribution is 2.32. The van der Waals surface area contributed by atoms with Crippen molar-refractivity contribution < 1.29 is 23.7 Å². The molecule has 1 saturated heterocycles. The molecule has 186 valence electrons. The highest BCUT2D eigenvalue weighted by Gasteiger charge is 2.17. The van der Waals surface area contributed by atoms with E-state index in [0.29, 0.717) is 36.2 Å². The Morgan fingerprint density at radius 2 is 1.80 bits per heavy atom. The molecule has 0 bridgehead atoms. The Hall–Kier alpha value is -3.12. The number of ketones is 1. The average Bonchev–Trinajstić information content (AvgIpc) is 2.88. The van der Waals surface area contributed by atoms with Gasteiger partial charge < -0.3 is 18.9 Å². The van der Waals surface area contributed by atoms with Crippen molar-refractivity contribution in [2.24, 2.45) is 5.92 Å². The number of pyridine rings is 1. The predicted octanol–water partition coefficient (Wildman–Crippen LogP) is 6.31. The molecule has 0 aliphatic carbocycles. The third-order valence-corrected chi connectivity index (χ3v) is 6.41. The second-order valence-corrected chi connectivity index (χ2v) is 9.14. The fourth-order valence-electron chi connectivity index (χ4n) is 4.19. The smallest absolute Gasteiger partial charge is 0.160 e. The van der Waals surface area contributed by atoms with Crippen molar-refractivity contribution in [2.75, 3.05) is 26.4 Å². The van der Waals surface area contributed by atoms with E-state index in [4.69, 9.17) is 23.9 Å². The molecule has 0 atom stereocenters. The van der Waals surface area contributed by atoms with Crippen LogP contribution in [0.3, 0.4) is 0 Å². The van der Waals surface area contributed by atoms with Crippen LogP contribution in [0.1, 0.15) is 61.1 Å². The standard InChI is InChI=1S/C29H35NO5/c1-4-5-12-33-29-20(2)28(30-27-9-7-6-8-26(27)29)19-35-25-16-23(21(3)31)15-24(17-25)34-18-22-10-13-32-14-11-22/h6-9,15-17,22H,4-5,10-14,18-19H2,1-3H3. The first-order valence-corrected chi connectivity index (χ1v) is 12.6. The molecule has 2 aromatic carbocycles. The van der Waals surface area contributed by atoms with E-state index < -0.39 is 0 Å². The SMILES string of the molecule is CCCCOc1c(C)c(COc2cc(OCC3CCOCC3)cc(C(C)=O)c2)nc2ccccc12. The van der Waals surface area contributed by atoms with Gasteiger partial charge >= 0.3 is 0 Å². The Morgan fingerprint density at radius 3 is 2.54 bits per heavy atom. The molecular weight excluding hydrogens is 442 g/mol. The number of fused-ring (bicyclic) bond motifs is 1. The van der Waals surface area contributed by atoms with Gasteiger partial charge in [-0.15, -0.1) is 0 Å². The Morgan fingerprint density at radius 1 is 1.06 bits per heavy atom. The molecule has 2 heterocycles. The molecule has 3 aromatic rings. The molecule has 0 spiro atoms. The molecular formula is C29H35NO5. The number of hydrogen-bond donors (Lipinski definition) is 0. The third-order valence-electron chi connectivity index (χ3n) is 6.41. The number of para-hydroxylation sites is 1. The second-order valence-electron chi connectivity index (χ2n) is 9.14. The van der Waals surface area contributed by atoms with Crippen LogP contribution < -0.4 is 14.2 Å². The number of carbonyl (C=O) groups excluding carboxylic acids is 1. The summed E-state index contributed by atoms with van der Waals surface area (Å²) < 4.78 is 23.8. The summed E-state index contributed by atoms with van der Waals surface area (Å²) in [7, 11) is 0. The molecule has 0 N–H and O–H groups in total. The summed E-state index contributed by atoms with van der Waals surface area (Å²) in [4.78, 5) is 17.0. The lowest BCUT2D eigenvalue weighted by molar-refractivity contribution is 0.0497. The Labute approximate surface area is 207 Å². The van der Waals surface area contributed by atoms with Gasteiger partial charge in [0.25, 0.3) is 0 Å². The van der Waals surface area contributed by atoms with Gasteiger partial charge in [-0.1, -0.05) is 25.5 Å². The molecule has 1 aliphatic rings. The van der Waals surface area contributed by atoms with Crippen LogP contribution in [-0.4, -0.2) is 37.2 Å². The van der Waals surface area contributed by atoms with Crippen molar-refractivity contribution in [1.82, 2.24) is 4.98 Å². The monoisotopic (exact) mass is 477 g/mol. The summed E-state index contributed by atoms with van der Waals surface area (Å²) in [6.45, 7) is 8.81. The summed E-state index contributed by atoms with van der Waals surface area (Å²) in [5.74, 6) is 2.52. The van der Waals surface area contributed by atoms with Crippen LogP contribution in [0.25, 0.3) is 10.9 Å². The van der Waals surface area contributed by atoms with Crippen molar-refractivity contribution >= 4 is 16.7 Å². The van der Waals surface area contributed by atoms with E-state index in [-0.39, 0.29) is 12.4 Å². The highest BCUT2D eigenvalue weighted by molar-refractivity contribution is 5.95. The summed E-state index contributed by atoms with van der Waals surface area (Å²) >= 11 is 0. The first-order valence-electron chi connectivity index (χ1n) is 12.6. The Bertz CT molecular complexity index is 1150. The average molecular weight is 478 g/mol. The summed E-state index contributed by atoms with van der Waals surface area (Å²) in [5, 5.41) is 1.01. The van der Waals surface area contributed by atoms with Gasteiger partial charge in [0, 0.05) is 35.8 Å². The zero-order valence-corrected chi connectivity index (χ0v) is 21.0. The number of hydrogen-bond acceptors (Lipinski definition) is 6. The van der Waals surface area contributed by atoms with E-state index >= 15 is 0 Å². The zero-order valence-electron chi connectivity index (χ0n) is 21.0. The molecule has 6 heteroatoms. The van der Waals surface area contributed by atoms with Crippen LogP contribution in [0.15, 0.2) is 42.5 Å². The van der Waals surface area contributed by atoms with Crippen LogP contribution in [-0.2, 0) is 11.3 Å². The quantitative estimate of drug-likeness (QED) is 0.238. The van der Waals surface area contributed by atoms with E-state index in [0.717, 1.165) is 66.8 Å². The minimum absolute atomic E-state index is 0.0296. The van der Waals surface area contributed by atoms with Crippen LogP contribution >= 0.6 is 0 Å². The first-order chi connectivity index (χ1) is 17.0. The van der Waals surface area contributed by atoms with Gasteiger partial charge in [0.2, 0.25) is 0 Å². The predicted molar refractivity (Wildman–Crippen MR) is 137 cm³/mol. The third kappa shape index (κ3) is 6.51. The summed E-state index contributed by atoms with van der Waals surface area (Å²) in [6.07, 6.45) is 4.05. The molecule has 0 saturated carbocycles. The normalized spacial score (nSPS) is 14.1. The van der Waals surface area contributed by atoms with Gasteiger partial charge in [-0.3, -0.25) is 4.79 Å². The lowest BCUT2D eigenvalue weighted by Gasteiger charge is -2.22. The fraction of sp³-hybridized carbons (Fsp3) is 0.448. The number of carbonyl (C=O) groups is 1. The van der Waals surface area contributed by atoms with Crippen LogP contribution in [0.2, 0.25) is 0 Å². The minimum Gasteiger partial charge on any atom is -0.493 e. The number of ether oxygens (including phenoxy) is 4. The van der Waals surface area contributed by atoms with E-state index in [1.807, 2.05) is 37.3 Å². The maximum absolute atomic E-state index is 12.1. The van der Waals surface area contributed by atoms with Crippen molar-refractivity contribution in [1.29, 1.82) is 0 Å². The van der Waals surface area contributed by atoms with Crippen molar-refractivity contribution in [2.45, 2.75) is 53.1 Å². The fourth-order valence-corrected chi connectivity index (χ4v) is 4.19. The van der Waals surface area contributed by atoms with Crippen molar-refractivity contribution in [3.63, 3.8) is 0 Å². The molecule has 4 rings (SSSR count). The summed E-state index contributed by atoms with van der Waals surface area (Å²) in [5.41, 5.74) is 3.23. The maximum Gasteiger partial charge on any atom is 0.160 e. The van der Waals surface area contributed by atoms with Crippen LogP contribution in [0.5, 0.6) is 17.2 Å². The molecule has 0 unspecified atom stereocenters. The largest absolute Gasteiger partial charge is 0.493 e. The van der Waals surface area contributed by atoms with E-state index in [9.17, 15) is 4.79 Å². The van der Waals surface area contributed by atoms with Gasteiger partial charge in [0.1, 0.15) is 23.9 Å². The maximum atomic E-state index is 12.1. The lowest BCUT2D eigenvalue weighted by atomic mass is 10.0. The van der Waals surface area contributed by atoms with Crippen LogP contribution in [0, 0.1) is 12.8 Å². The second kappa shape index (κ2) is 12.0. The lowest BCUT2D eigenvalue weighted by Crippen LogP contribution is -2.21. The molecule has 6 nitrogen and oxygen atoms in total. The zero-order chi connectivity index (χ0) is 24.6. The van der Waals surface area contributed by atoms with Gasteiger partial charge in [-0.05, 0) is 63.3 Å². The number of Topliss-reactive ketones (excluding diaryl/α,β-unsaturated/α-hetero) is 1. The summed E-state index contributed by atoms with van der Waals surface area (Å²) in [6, 6.07) is 13.4. The Balaban J connectivity index is 1.53. The molecule has 35 heavy (non-hydrogen) atoms. The molecule has 0 amide bonds. The number of rotatable bonds is 11. The molecule has 1 fully saturated rings. The molecule has 0 radical (unpaired) electrons. The van der Waals surface area contributed by atoms with Crippen molar-refractivity contribution in [3.05, 3.63) is 59.3 Å². The topological polar surface area (TPSA) is 66.9 Å². The van der Waals surface area contributed by atoms with Crippen LogP contribution in [0.4, 0.5) is 0 Å². The molecule has 1 aromatic heterocycles. The first kappa shape index (κ1) is 25.0. The Kier molecular flexibility index (Phi) is 8.59. The number of unbranched alkanes of at least 4 members (excludes halogenated alkanes) is 1. The van der Waals surface area contributed by atoms with E-state index in [2.05, 4.69) is 6.92 Å². The van der Waals surface area contributed by atoms with Gasteiger partial charge in [0.05, 0.1) is 24.4 Å². The van der Waals surface area contributed by atoms with Gasteiger partial charge in [-0.2, -0.15) is 0 Å². The van der Waals surface area contributed by atoms with E-state index in [1.54, 1.807) is 19.1 Å². The highest BCUT2D eigenvalue weighted by atomic mass is 16.5. The van der Waals surface area contributed by atoms with E-state index in [1.165, 1.54) is 0 Å². The number of aromatic nitrogens is 1. The van der Waals surface area contributed by atoms with Gasteiger partial charge in [0.15, 0.2) is 5.78 Å². The molecule has 1 aliphatic heterocycles.